The average Bonchev–Trinajstić information content (AvgIpc) is 3.92. The lowest BCUT2D eigenvalue weighted by Crippen LogP contribution is -2.40. The van der Waals surface area contributed by atoms with Crippen LogP contribution in [0, 0.1) is 23.7 Å². The number of rotatable bonds is 11. The van der Waals surface area contributed by atoms with Crippen molar-refractivity contribution < 1.29 is 9.59 Å². The summed E-state index contributed by atoms with van der Waals surface area (Å²) in [6, 6.07) is 16.5. The van der Waals surface area contributed by atoms with Gasteiger partial charge < -0.3 is 10.6 Å². The second kappa shape index (κ2) is 12.9. The van der Waals surface area contributed by atoms with Crippen LogP contribution in [0.5, 0.6) is 0 Å². The highest BCUT2D eigenvalue weighted by Gasteiger charge is 2.30. The smallest absolute Gasteiger partial charge is 0.251 e. The molecular weight excluding hydrogens is 496 g/mol. The van der Waals surface area contributed by atoms with E-state index in [2.05, 4.69) is 44.7 Å². The Labute approximate surface area is 239 Å². The third-order valence-electron chi connectivity index (χ3n) is 9.67. The van der Waals surface area contributed by atoms with Crippen LogP contribution >= 0.6 is 0 Å². The van der Waals surface area contributed by atoms with E-state index < -0.39 is 0 Å². The lowest BCUT2D eigenvalue weighted by molar-refractivity contribution is 0.0909. The minimum Gasteiger partial charge on any atom is -0.352 e. The molecule has 6 heteroatoms. The van der Waals surface area contributed by atoms with Crippen molar-refractivity contribution in [2.45, 2.75) is 64.5 Å². The Morgan fingerprint density at radius 1 is 0.550 bits per heavy atom. The predicted molar refractivity (Wildman–Crippen MR) is 159 cm³/mol. The van der Waals surface area contributed by atoms with Crippen molar-refractivity contribution in [1.82, 2.24) is 20.4 Å². The number of carbonyl (C=O) groups excluding carboxylic acids is 2. The van der Waals surface area contributed by atoms with Gasteiger partial charge in [0.1, 0.15) is 0 Å². The highest BCUT2D eigenvalue weighted by molar-refractivity contribution is 5.94. The maximum Gasteiger partial charge on any atom is 0.251 e. The van der Waals surface area contributed by atoms with Crippen molar-refractivity contribution in [2.24, 2.45) is 23.7 Å². The number of hydrogen-bond acceptors (Lipinski definition) is 4. The molecule has 2 N–H and O–H groups in total. The normalized spacial score (nSPS) is 21.3. The Kier molecular flexibility index (Phi) is 8.83. The predicted octanol–water partition coefficient (Wildman–Crippen LogP) is 5.09. The molecule has 2 aromatic carbocycles. The summed E-state index contributed by atoms with van der Waals surface area (Å²) in [6.07, 6.45) is 10.2. The van der Waals surface area contributed by atoms with Crippen LogP contribution in [0.4, 0.5) is 0 Å². The van der Waals surface area contributed by atoms with Crippen LogP contribution in [-0.2, 0) is 13.1 Å². The number of carbonyl (C=O) groups is 2. The summed E-state index contributed by atoms with van der Waals surface area (Å²) < 4.78 is 0. The van der Waals surface area contributed by atoms with Crippen molar-refractivity contribution in [1.29, 1.82) is 0 Å². The van der Waals surface area contributed by atoms with E-state index in [-0.39, 0.29) is 11.8 Å². The van der Waals surface area contributed by atoms with Gasteiger partial charge in [0.25, 0.3) is 11.8 Å². The van der Waals surface area contributed by atoms with Gasteiger partial charge in [-0.05, 0) is 137 Å². The molecule has 214 valence electrons. The van der Waals surface area contributed by atoms with E-state index in [1.54, 1.807) is 0 Å². The fourth-order valence-electron chi connectivity index (χ4n) is 6.53. The standard InChI is InChI=1S/C34H46N4O2/c39-33(35-21-25-1-2-25)31-9-5-27(6-10-31)23-37-17-13-29(14-18-37)30-15-19-38(20-16-30)24-28-7-11-32(12-8-28)34(40)36-22-26-3-4-26/h5-12,25-26,29-30H,1-4,13-24H2,(H,35,39)(H,36,40). The van der Waals surface area contributed by atoms with Gasteiger partial charge in [0, 0.05) is 37.3 Å². The second-order valence-corrected chi connectivity index (χ2v) is 12.9. The second-order valence-electron chi connectivity index (χ2n) is 12.9. The molecule has 0 radical (unpaired) electrons. The summed E-state index contributed by atoms with van der Waals surface area (Å²) in [5.41, 5.74) is 4.16. The Morgan fingerprint density at radius 2 is 0.900 bits per heavy atom. The summed E-state index contributed by atoms with van der Waals surface area (Å²) in [7, 11) is 0. The van der Waals surface area contributed by atoms with Crippen molar-refractivity contribution in [3.63, 3.8) is 0 Å². The van der Waals surface area contributed by atoms with E-state index in [0.29, 0.717) is 11.8 Å². The number of hydrogen-bond donors (Lipinski definition) is 2. The third-order valence-corrected chi connectivity index (χ3v) is 9.67. The Balaban J connectivity index is 0.883. The largest absolute Gasteiger partial charge is 0.352 e. The summed E-state index contributed by atoms with van der Waals surface area (Å²) >= 11 is 0. The molecule has 0 bridgehead atoms. The van der Waals surface area contributed by atoms with Gasteiger partial charge in [-0.15, -0.1) is 0 Å². The summed E-state index contributed by atoms with van der Waals surface area (Å²) in [5, 5.41) is 6.12. The minimum atomic E-state index is 0.0617. The number of nitrogens with one attached hydrogen (secondary N) is 2. The molecule has 0 atom stereocenters. The number of nitrogens with zero attached hydrogens (tertiary/aromatic N) is 2. The molecule has 0 spiro atoms. The number of amides is 2. The quantitative estimate of drug-likeness (QED) is 0.415. The van der Waals surface area contributed by atoms with Crippen molar-refractivity contribution in [3.8, 4) is 0 Å². The Hall–Kier alpha value is -2.70. The van der Waals surface area contributed by atoms with Gasteiger partial charge in [0.05, 0.1) is 0 Å². The summed E-state index contributed by atoms with van der Waals surface area (Å²) in [5.74, 6) is 3.24. The monoisotopic (exact) mass is 542 g/mol. The van der Waals surface area contributed by atoms with E-state index in [1.165, 1.54) is 88.7 Å². The third kappa shape index (κ3) is 7.73. The van der Waals surface area contributed by atoms with Gasteiger partial charge in [-0.1, -0.05) is 24.3 Å². The molecule has 2 amide bonds. The van der Waals surface area contributed by atoms with Crippen LogP contribution in [0.25, 0.3) is 0 Å². The number of benzene rings is 2. The molecule has 2 aromatic rings. The SMILES string of the molecule is O=C(NCC1CC1)c1ccc(CN2CCC(C3CCN(Cc4ccc(C(=O)NCC5CC5)cc4)CC3)CC2)cc1. The first-order valence-corrected chi connectivity index (χ1v) is 15.8. The van der Waals surface area contributed by atoms with Crippen LogP contribution in [0.1, 0.15) is 83.2 Å². The molecule has 4 aliphatic rings. The molecule has 6 nitrogen and oxygen atoms in total. The zero-order valence-corrected chi connectivity index (χ0v) is 24.0. The highest BCUT2D eigenvalue weighted by atomic mass is 16.2. The zero-order valence-electron chi connectivity index (χ0n) is 24.0. The van der Waals surface area contributed by atoms with Crippen LogP contribution in [0.2, 0.25) is 0 Å². The maximum absolute atomic E-state index is 12.3. The van der Waals surface area contributed by atoms with E-state index in [1.807, 2.05) is 24.3 Å². The molecule has 2 saturated carbocycles. The van der Waals surface area contributed by atoms with Gasteiger partial charge >= 0.3 is 0 Å². The number of piperidine rings is 2. The maximum atomic E-state index is 12.3. The number of likely N-dealkylation sites (tertiary alicyclic amines) is 2. The van der Waals surface area contributed by atoms with Gasteiger partial charge in [0.15, 0.2) is 0 Å². The fourth-order valence-corrected chi connectivity index (χ4v) is 6.53. The van der Waals surface area contributed by atoms with Crippen molar-refractivity contribution in [2.75, 3.05) is 39.3 Å². The lowest BCUT2D eigenvalue weighted by atomic mass is 9.78. The Morgan fingerprint density at radius 3 is 1.23 bits per heavy atom. The van der Waals surface area contributed by atoms with E-state index in [0.717, 1.165) is 49.1 Å². The van der Waals surface area contributed by atoms with Gasteiger partial charge in [-0.3, -0.25) is 19.4 Å². The van der Waals surface area contributed by atoms with Crippen LogP contribution in [0.3, 0.4) is 0 Å². The molecule has 0 aromatic heterocycles. The first-order valence-electron chi connectivity index (χ1n) is 15.8. The molecule has 2 aliphatic heterocycles. The average molecular weight is 543 g/mol. The van der Waals surface area contributed by atoms with Gasteiger partial charge in [-0.25, -0.2) is 0 Å². The van der Waals surface area contributed by atoms with Crippen molar-refractivity contribution in [3.05, 3.63) is 70.8 Å². The van der Waals surface area contributed by atoms with E-state index >= 15 is 0 Å². The molecular formula is C34H46N4O2. The van der Waals surface area contributed by atoms with Crippen molar-refractivity contribution >= 4 is 11.8 Å². The topological polar surface area (TPSA) is 64.7 Å². The summed E-state index contributed by atoms with van der Waals surface area (Å²) in [6.45, 7) is 8.31. The molecule has 0 unspecified atom stereocenters. The molecule has 40 heavy (non-hydrogen) atoms. The first kappa shape index (κ1) is 27.5. The zero-order chi connectivity index (χ0) is 27.3. The lowest BCUT2D eigenvalue weighted by Gasteiger charge is -2.40. The minimum absolute atomic E-state index is 0.0617. The van der Waals surface area contributed by atoms with E-state index in [9.17, 15) is 9.59 Å². The molecule has 2 aliphatic carbocycles. The fraction of sp³-hybridized carbons (Fsp3) is 0.588. The molecule has 2 saturated heterocycles. The first-order chi connectivity index (χ1) is 19.6. The van der Waals surface area contributed by atoms with Gasteiger partial charge in [-0.2, -0.15) is 0 Å². The Bertz CT molecular complexity index is 1030. The van der Waals surface area contributed by atoms with Crippen LogP contribution in [-0.4, -0.2) is 60.9 Å². The summed E-state index contributed by atoms with van der Waals surface area (Å²) in [4.78, 5) is 29.8. The van der Waals surface area contributed by atoms with Crippen LogP contribution in [0.15, 0.2) is 48.5 Å². The molecule has 4 fully saturated rings. The van der Waals surface area contributed by atoms with Crippen LogP contribution < -0.4 is 10.6 Å². The molecule has 2 heterocycles. The van der Waals surface area contributed by atoms with E-state index in [4.69, 9.17) is 0 Å². The highest BCUT2D eigenvalue weighted by Crippen LogP contribution is 2.33. The van der Waals surface area contributed by atoms with Gasteiger partial charge in [0.2, 0.25) is 0 Å². The molecule has 6 rings (SSSR count).